The number of ether oxygens (including phenoxy) is 3. The van der Waals surface area contributed by atoms with Crippen molar-refractivity contribution < 1.29 is 28.6 Å². The summed E-state index contributed by atoms with van der Waals surface area (Å²) in [5, 5.41) is 0. The van der Waals surface area contributed by atoms with Gasteiger partial charge in [-0.25, -0.2) is 0 Å². The summed E-state index contributed by atoms with van der Waals surface area (Å²) in [7, 11) is 0. The maximum Gasteiger partial charge on any atom is 0.306 e. The van der Waals surface area contributed by atoms with Crippen LogP contribution in [0.25, 0.3) is 0 Å². The van der Waals surface area contributed by atoms with E-state index in [4.69, 9.17) is 14.2 Å². The van der Waals surface area contributed by atoms with Crippen LogP contribution in [0.5, 0.6) is 0 Å². The molecule has 0 heterocycles. The van der Waals surface area contributed by atoms with E-state index in [2.05, 4.69) is 130 Å². The molecule has 1 atom stereocenters. The summed E-state index contributed by atoms with van der Waals surface area (Å²) in [6.45, 7) is 6.52. The van der Waals surface area contributed by atoms with Crippen LogP contribution in [-0.4, -0.2) is 37.2 Å². The quantitative estimate of drug-likeness (QED) is 0.0261. The predicted octanol–water partition coefficient (Wildman–Crippen LogP) is 24.2. The first-order valence-corrected chi connectivity index (χ1v) is 34.9. The number of unbranched alkanes of at least 4 members (excludes halogenated alkanes) is 34. The Bertz CT molecular complexity index is 1640. The maximum absolute atomic E-state index is 12.9. The summed E-state index contributed by atoms with van der Waals surface area (Å²) in [6.07, 6.45) is 95.3. The second-order valence-electron chi connectivity index (χ2n) is 23.1. The second-order valence-corrected chi connectivity index (χ2v) is 23.1. The van der Waals surface area contributed by atoms with Crippen molar-refractivity contribution in [3.63, 3.8) is 0 Å². The SMILES string of the molecule is CC/C=C\C/C=C\C/C=C\C/C=C\C/C=C\C/C=C\CCCCCCCCCCCCC(=O)OCC(COC(=O)CCCCCCCCCCCCCCCCCC)OC(=O)CCCCCCCC/C=C\C/C=C\C/C=C\CCCCC. The van der Waals surface area contributed by atoms with E-state index in [1.54, 1.807) is 0 Å². The molecule has 6 heteroatoms. The van der Waals surface area contributed by atoms with Gasteiger partial charge >= 0.3 is 17.9 Å². The summed E-state index contributed by atoms with van der Waals surface area (Å²) >= 11 is 0. The van der Waals surface area contributed by atoms with Crippen LogP contribution in [0.4, 0.5) is 0 Å². The molecular weight excluding hydrogens is 1010 g/mol. The molecule has 0 spiro atoms. The molecule has 0 radical (unpaired) electrons. The molecule has 0 fully saturated rings. The number of allylic oxidation sites excluding steroid dienone is 18. The van der Waals surface area contributed by atoms with Gasteiger partial charge < -0.3 is 14.2 Å². The monoisotopic (exact) mass is 1140 g/mol. The van der Waals surface area contributed by atoms with E-state index in [0.29, 0.717) is 19.3 Å². The Morgan fingerprint density at radius 2 is 0.476 bits per heavy atom. The van der Waals surface area contributed by atoms with Crippen LogP contribution in [-0.2, 0) is 28.6 Å². The number of esters is 3. The van der Waals surface area contributed by atoms with Crippen molar-refractivity contribution in [3.8, 4) is 0 Å². The van der Waals surface area contributed by atoms with Crippen molar-refractivity contribution >= 4 is 17.9 Å². The van der Waals surface area contributed by atoms with Crippen molar-refractivity contribution in [3.05, 3.63) is 109 Å². The van der Waals surface area contributed by atoms with Crippen LogP contribution in [0.2, 0.25) is 0 Å². The molecule has 0 aliphatic rings. The molecule has 6 nitrogen and oxygen atoms in total. The van der Waals surface area contributed by atoms with Crippen LogP contribution in [0.3, 0.4) is 0 Å². The summed E-state index contributed by atoms with van der Waals surface area (Å²) < 4.78 is 17.0. The van der Waals surface area contributed by atoms with Crippen LogP contribution in [0, 0.1) is 0 Å². The van der Waals surface area contributed by atoms with Gasteiger partial charge in [0.1, 0.15) is 13.2 Å². The minimum Gasteiger partial charge on any atom is -0.462 e. The van der Waals surface area contributed by atoms with Crippen molar-refractivity contribution in [2.45, 2.75) is 341 Å². The largest absolute Gasteiger partial charge is 0.462 e. The average molecular weight is 1140 g/mol. The van der Waals surface area contributed by atoms with Crippen LogP contribution in [0.1, 0.15) is 335 Å². The highest BCUT2D eigenvalue weighted by Crippen LogP contribution is 2.17. The van der Waals surface area contributed by atoms with E-state index in [9.17, 15) is 14.4 Å². The number of carbonyl (C=O) groups is 3. The lowest BCUT2D eigenvalue weighted by atomic mass is 10.0. The number of carbonyl (C=O) groups excluding carboxylic acids is 3. The Hall–Kier alpha value is -3.93. The van der Waals surface area contributed by atoms with E-state index < -0.39 is 6.10 Å². The molecule has 0 aromatic carbocycles. The molecule has 0 amide bonds. The fraction of sp³-hybridized carbons (Fsp3) is 0.724. The second kappa shape index (κ2) is 69.6. The Balaban J connectivity index is 4.35. The summed E-state index contributed by atoms with van der Waals surface area (Å²) in [6, 6.07) is 0. The average Bonchev–Trinajstić information content (AvgIpc) is 3.47. The minimum atomic E-state index is -0.788. The number of hydrogen-bond donors (Lipinski definition) is 0. The fourth-order valence-corrected chi connectivity index (χ4v) is 9.81. The fourth-order valence-electron chi connectivity index (χ4n) is 9.81. The van der Waals surface area contributed by atoms with Gasteiger partial charge in [0.25, 0.3) is 0 Å². The van der Waals surface area contributed by atoms with Gasteiger partial charge in [-0.05, 0) is 109 Å². The van der Waals surface area contributed by atoms with E-state index in [1.807, 2.05) is 0 Å². The smallest absolute Gasteiger partial charge is 0.306 e. The van der Waals surface area contributed by atoms with Crippen molar-refractivity contribution in [1.82, 2.24) is 0 Å². The summed E-state index contributed by atoms with van der Waals surface area (Å²) in [5.74, 6) is -0.885. The van der Waals surface area contributed by atoms with Crippen molar-refractivity contribution in [2.75, 3.05) is 13.2 Å². The highest BCUT2D eigenvalue weighted by atomic mass is 16.6. The Labute approximate surface area is 508 Å². The van der Waals surface area contributed by atoms with Gasteiger partial charge in [0.2, 0.25) is 0 Å². The third kappa shape index (κ3) is 66.9. The zero-order valence-corrected chi connectivity index (χ0v) is 54.0. The Kier molecular flexibility index (Phi) is 66.2. The molecule has 0 aromatic rings. The molecular formula is C76H130O6. The third-order valence-corrected chi connectivity index (χ3v) is 15.0. The normalized spacial score (nSPS) is 12.8. The predicted molar refractivity (Wildman–Crippen MR) is 357 cm³/mol. The van der Waals surface area contributed by atoms with Gasteiger partial charge in [0.05, 0.1) is 0 Å². The van der Waals surface area contributed by atoms with Gasteiger partial charge in [-0.1, -0.05) is 316 Å². The molecule has 0 aliphatic heterocycles. The number of rotatable bonds is 63. The first kappa shape index (κ1) is 78.1. The first-order valence-electron chi connectivity index (χ1n) is 34.9. The Morgan fingerprint density at radius 3 is 0.768 bits per heavy atom. The van der Waals surface area contributed by atoms with Crippen LogP contribution in [0.15, 0.2) is 109 Å². The number of hydrogen-bond acceptors (Lipinski definition) is 6. The maximum atomic E-state index is 12.9. The minimum absolute atomic E-state index is 0.0819. The lowest BCUT2D eigenvalue weighted by Gasteiger charge is -2.18. The molecule has 1 unspecified atom stereocenters. The molecule has 0 aromatic heterocycles. The van der Waals surface area contributed by atoms with Gasteiger partial charge in [-0.15, -0.1) is 0 Å². The third-order valence-electron chi connectivity index (χ3n) is 15.0. The van der Waals surface area contributed by atoms with Gasteiger partial charge in [0.15, 0.2) is 6.10 Å². The highest BCUT2D eigenvalue weighted by molar-refractivity contribution is 5.71. The lowest BCUT2D eigenvalue weighted by Crippen LogP contribution is -2.30. The summed E-state index contributed by atoms with van der Waals surface area (Å²) in [4.78, 5) is 38.5. The molecule has 0 saturated carbocycles. The highest BCUT2D eigenvalue weighted by Gasteiger charge is 2.19. The standard InChI is InChI=1S/C76H130O6/c1-4-7-10-13-16-19-22-25-28-31-33-34-35-36-37-38-39-40-41-42-44-45-48-51-54-57-60-63-66-69-75(78)81-72-73(71-80-74(77)68-65-62-59-56-53-50-47-30-27-24-21-18-15-12-9-6-3)82-76(79)70-67-64-61-58-55-52-49-46-43-32-29-26-23-20-17-14-11-8-5-2/h7,10,16-17,19-20,25-26,28-29,33-34,36-37,39-40,43,46,73H,4-6,8-9,11-15,18,21-24,27,30-32,35,38,41-42,44-45,47-72H2,1-3H3/b10-7-,19-16-,20-17-,28-25-,29-26-,34-33-,37-36-,40-39-,46-43-. The van der Waals surface area contributed by atoms with Crippen molar-refractivity contribution in [1.29, 1.82) is 0 Å². The zero-order valence-electron chi connectivity index (χ0n) is 54.0. The van der Waals surface area contributed by atoms with Crippen LogP contribution < -0.4 is 0 Å². The first-order chi connectivity index (χ1) is 40.5. The van der Waals surface area contributed by atoms with Crippen molar-refractivity contribution in [2.24, 2.45) is 0 Å². The van der Waals surface area contributed by atoms with Gasteiger partial charge in [-0.2, -0.15) is 0 Å². The molecule has 0 saturated heterocycles. The Morgan fingerprint density at radius 1 is 0.256 bits per heavy atom. The topological polar surface area (TPSA) is 78.9 Å². The van der Waals surface area contributed by atoms with E-state index in [-0.39, 0.29) is 31.1 Å². The van der Waals surface area contributed by atoms with E-state index >= 15 is 0 Å². The molecule has 0 N–H and O–H groups in total. The molecule has 0 bridgehead atoms. The van der Waals surface area contributed by atoms with E-state index in [0.717, 1.165) is 122 Å². The molecule has 0 rings (SSSR count). The molecule has 82 heavy (non-hydrogen) atoms. The molecule has 470 valence electrons. The van der Waals surface area contributed by atoms with Crippen LogP contribution >= 0.6 is 0 Å². The lowest BCUT2D eigenvalue weighted by molar-refractivity contribution is -0.167. The molecule has 0 aliphatic carbocycles. The van der Waals surface area contributed by atoms with Gasteiger partial charge in [-0.3, -0.25) is 14.4 Å². The summed E-state index contributed by atoms with van der Waals surface area (Å²) in [5.41, 5.74) is 0. The van der Waals surface area contributed by atoms with Gasteiger partial charge in [0, 0.05) is 19.3 Å². The van der Waals surface area contributed by atoms with E-state index in [1.165, 1.54) is 173 Å². The zero-order chi connectivity index (χ0) is 59.2.